The minimum absolute atomic E-state index is 0.455. The number of hydrogen-bond donors (Lipinski definition) is 2. The largest absolute Gasteiger partial charge is 0.381 e. The highest BCUT2D eigenvalue weighted by molar-refractivity contribution is 5.65. The Labute approximate surface area is 151 Å². The van der Waals surface area contributed by atoms with Crippen molar-refractivity contribution in [1.29, 1.82) is 0 Å². The van der Waals surface area contributed by atoms with Crippen LogP contribution in [0.2, 0.25) is 0 Å². The molecule has 5 rings (SSSR count). The van der Waals surface area contributed by atoms with Crippen molar-refractivity contribution in [3.05, 3.63) is 60.9 Å². The molecule has 2 fully saturated rings. The molecule has 2 unspecified atom stereocenters. The minimum atomic E-state index is 0.455. The lowest BCUT2D eigenvalue weighted by atomic mass is 10.2. The standard InChI is InChI=1S/C20H19N5O/c1-2-4-13(5-3-1)20-24-17(22-14-6-8-21-9-7-14)10-18(25-20)23-19-15-11-26-12-16(15)19/h1-10,15-16,19H,11-12H2,(H2,21,22,23,24,25). The number of benzene rings is 1. The van der Waals surface area contributed by atoms with Crippen molar-refractivity contribution in [1.82, 2.24) is 15.0 Å². The van der Waals surface area contributed by atoms with Gasteiger partial charge in [-0.2, -0.15) is 0 Å². The van der Waals surface area contributed by atoms with E-state index in [-0.39, 0.29) is 0 Å². The maximum Gasteiger partial charge on any atom is 0.163 e. The molecule has 26 heavy (non-hydrogen) atoms. The summed E-state index contributed by atoms with van der Waals surface area (Å²) in [6, 6.07) is 16.3. The zero-order valence-electron chi connectivity index (χ0n) is 14.2. The number of anilines is 3. The van der Waals surface area contributed by atoms with Gasteiger partial charge in [0.05, 0.1) is 13.2 Å². The Balaban J connectivity index is 1.46. The Bertz CT molecular complexity index is 893. The molecule has 0 bridgehead atoms. The van der Waals surface area contributed by atoms with Crippen LogP contribution in [0.15, 0.2) is 60.9 Å². The molecule has 1 aliphatic carbocycles. The second-order valence-corrected chi connectivity index (χ2v) is 6.72. The fraction of sp³-hybridized carbons (Fsp3) is 0.250. The molecule has 3 aromatic rings. The summed E-state index contributed by atoms with van der Waals surface area (Å²) >= 11 is 0. The van der Waals surface area contributed by atoms with Crippen molar-refractivity contribution in [3.8, 4) is 11.4 Å². The Morgan fingerprint density at radius 2 is 1.62 bits per heavy atom. The monoisotopic (exact) mass is 345 g/mol. The molecule has 1 aliphatic heterocycles. The zero-order valence-corrected chi connectivity index (χ0v) is 14.2. The molecule has 3 heterocycles. The molecule has 6 nitrogen and oxygen atoms in total. The van der Waals surface area contributed by atoms with Gasteiger partial charge >= 0.3 is 0 Å². The number of aromatic nitrogens is 3. The van der Waals surface area contributed by atoms with Gasteiger partial charge in [-0.25, -0.2) is 9.97 Å². The molecule has 1 aromatic carbocycles. The van der Waals surface area contributed by atoms with Crippen LogP contribution in [0.25, 0.3) is 11.4 Å². The van der Waals surface area contributed by atoms with E-state index in [9.17, 15) is 0 Å². The molecule has 0 radical (unpaired) electrons. The second kappa shape index (κ2) is 6.38. The molecular weight excluding hydrogens is 326 g/mol. The number of hydrogen-bond acceptors (Lipinski definition) is 6. The van der Waals surface area contributed by atoms with Crippen molar-refractivity contribution in [2.75, 3.05) is 23.8 Å². The van der Waals surface area contributed by atoms with Crippen LogP contribution in [0.1, 0.15) is 0 Å². The number of fused-ring (bicyclic) bond motifs is 1. The average Bonchev–Trinajstić information content (AvgIpc) is 3.10. The quantitative estimate of drug-likeness (QED) is 0.739. The Morgan fingerprint density at radius 1 is 0.885 bits per heavy atom. The first kappa shape index (κ1) is 15.3. The number of nitrogens with zero attached hydrogens (tertiary/aromatic N) is 3. The Morgan fingerprint density at radius 3 is 2.38 bits per heavy atom. The lowest BCUT2D eigenvalue weighted by Crippen LogP contribution is -2.14. The van der Waals surface area contributed by atoms with Crippen molar-refractivity contribution in [3.63, 3.8) is 0 Å². The molecule has 6 heteroatoms. The SMILES string of the molecule is c1ccc(-c2nc(Nc3ccncc3)cc(NC3C4COCC43)n2)cc1. The molecule has 1 saturated carbocycles. The summed E-state index contributed by atoms with van der Waals surface area (Å²) in [6.07, 6.45) is 3.51. The molecule has 2 aromatic heterocycles. The molecule has 0 spiro atoms. The fourth-order valence-corrected chi connectivity index (χ4v) is 3.51. The maximum absolute atomic E-state index is 5.48. The third kappa shape index (κ3) is 2.99. The lowest BCUT2D eigenvalue weighted by molar-refractivity contribution is 0.162. The summed E-state index contributed by atoms with van der Waals surface area (Å²) in [5, 5.41) is 6.91. The maximum atomic E-state index is 5.48. The van der Waals surface area contributed by atoms with E-state index in [2.05, 4.69) is 15.6 Å². The van der Waals surface area contributed by atoms with E-state index < -0.39 is 0 Å². The predicted octanol–water partition coefficient (Wildman–Crippen LogP) is 3.34. The molecule has 1 saturated heterocycles. The topological polar surface area (TPSA) is 72.0 Å². The van der Waals surface area contributed by atoms with E-state index >= 15 is 0 Å². The van der Waals surface area contributed by atoms with Crippen LogP contribution in [-0.4, -0.2) is 34.2 Å². The van der Waals surface area contributed by atoms with Gasteiger partial charge in [-0.15, -0.1) is 0 Å². The highest BCUT2D eigenvalue weighted by Gasteiger charge is 2.54. The minimum Gasteiger partial charge on any atom is -0.381 e. The average molecular weight is 345 g/mol. The van der Waals surface area contributed by atoms with Crippen LogP contribution >= 0.6 is 0 Å². The van der Waals surface area contributed by atoms with E-state index in [1.165, 1.54) is 0 Å². The summed E-state index contributed by atoms with van der Waals surface area (Å²) in [4.78, 5) is 13.5. The summed E-state index contributed by atoms with van der Waals surface area (Å²) in [5.41, 5.74) is 1.94. The van der Waals surface area contributed by atoms with Crippen LogP contribution in [0.3, 0.4) is 0 Å². The first-order valence-electron chi connectivity index (χ1n) is 8.83. The second-order valence-electron chi connectivity index (χ2n) is 6.72. The first-order chi connectivity index (χ1) is 12.9. The number of nitrogens with one attached hydrogen (secondary N) is 2. The van der Waals surface area contributed by atoms with Crippen LogP contribution in [0.5, 0.6) is 0 Å². The summed E-state index contributed by atoms with van der Waals surface area (Å²) in [6.45, 7) is 1.70. The van der Waals surface area contributed by atoms with E-state index in [1.807, 2.05) is 48.5 Å². The van der Waals surface area contributed by atoms with Gasteiger partial charge in [0.2, 0.25) is 0 Å². The fourth-order valence-electron chi connectivity index (χ4n) is 3.51. The third-order valence-corrected chi connectivity index (χ3v) is 4.98. The Kier molecular flexibility index (Phi) is 3.75. The predicted molar refractivity (Wildman–Crippen MR) is 100 cm³/mol. The van der Waals surface area contributed by atoms with Crippen molar-refractivity contribution < 1.29 is 4.74 Å². The van der Waals surface area contributed by atoms with Crippen LogP contribution in [-0.2, 0) is 4.74 Å². The smallest absolute Gasteiger partial charge is 0.163 e. The number of pyridine rings is 1. The van der Waals surface area contributed by atoms with Gasteiger partial charge < -0.3 is 15.4 Å². The van der Waals surface area contributed by atoms with Gasteiger partial charge in [-0.05, 0) is 12.1 Å². The van der Waals surface area contributed by atoms with E-state index in [0.717, 1.165) is 36.1 Å². The molecule has 2 aliphatic rings. The van der Waals surface area contributed by atoms with Gasteiger partial charge in [0.25, 0.3) is 0 Å². The van der Waals surface area contributed by atoms with Gasteiger partial charge in [0.1, 0.15) is 11.6 Å². The molecule has 2 N–H and O–H groups in total. The zero-order chi connectivity index (χ0) is 17.3. The first-order valence-corrected chi connectivity index (χ1v) is 8.83. The van der Waals surface area contributed by atoms with Crippen LogP contribution < -0.4 is 10.6 Å². The molecule has 2 atom stereocenters. The van der Waals surface area contributed by atoms with Gasteiger partial charge in [0.15, 0.2) is 5.82 Å². The normalized spacial score (nSPS) is 23.3. The highest BCUT2D eigenvalue weighted by atomic mass is 16.5. The molecular formula is C20H19N5O. The van der Waals surface area contributed by atoms with Gasteiger partial charge in [0, 0.05) is 47.6 Å². The van der Waals surface area contributed by atoms with Crippen molar-refractivity contribution in [2.24, 2.45) is 11.8 Å². The summed E-state index contributed by atoms with van der Waals surface area (Å²) in [7, 11) is 0. The third-order valence-electron chi connectivity index (χ3n) is 4.98. The van der Waals surface area contributed by atoms with E-state index in [4.69, 9.17) is 14.7 Å². The van der Waals surface area contributed by atoms with Crippen molar-refractivity contribution >= 4 is 17.3 Å². The van der Waals surface area contributed by atoms with Gasteiger partial charge in [-0.3, -0.25) is 4.98 Å². The van der Waals surface area contributed by atoms with Crippen molar-refractivity contribution in [2.45, 2.75) is 6.04 Å². The Hall–Kier alpha value is -2.99. The summed E-state index contributed by atoms with van der Waals surface area (Å²) < 4.78 is 5.48. The molecule has 0 amide bonds. The summed E-state index contributed by atoms with van der Waals surface area (Å²) in [5.74, 6) is 3.53. The highest BCUT2D eigenvalue weighted by Crippen LogP contribution is 2.46. The van der Waals surface area contributed by atoms with Crippen LogP contribution in [0.4, 0.5) is 17.3 Å². The van der Waals surface area contributed by atoms with E-state index in [0.29, 0.717) is 23.7 Å². The number of rotatable bonds is 5. The number of ether oxygens (including phenoxy) is 1. The molecule has 130 valence electrons. The van der Waals surface area contributed by atoms with E-state index in [1.54, 1.807) is 12.4 Å². The van der Waals surface area contributed by atoms with Gasteiger partial charge in [-0.1, -0.05) is 30.3 Å². The van der Waals surface area contributed by atoms with Crippen LogP contribution in [0, 0.1) is 11.8 Å². The lowest BCUT2D eigenvalue weighted by Gasteiger charge is -2.13.